The van der Waals surface area contributed by atoms with E-state index in [2.05, 4.69) is 10.2 Å². The number of nitrogens with one attached hydrogen (secondary N) is 1. The van der Waals surface area contributed by atoms with Crippen molar-refractivity contribution in [2.24, 2.45) is 11.8 Å². The quantitative estimate of drug-likeness (QED) is 0.426. The summed E-state index contributed by atoms with van der Waals surface area (Å²) in [5.41, 5.74) is 3.78. The third kappa shape index (κ3) is 4.04. The van der Waals surface area contributed by atoms with Gasteiger partial charge >= 0.3 is 0 Å². The maximum atomic E-state index is 13.7. The Morgan fingerprint density at radius 1 is 1.14 bits per heavy atom. The molecule has 1 saturated heterocycles. The number of non-ortho nitro benzene ring substituents is 1. The number of carbonyl (C=O) groups excluding carboxylic acids is 1. The van der Waals surface area contributed by atoms with Crippen LogP contribution in [-0.4, -0.2) is 35.1 Å². The SMILES string of the molecule is COc1ccc(CNC(=O)[C@@H]2Cc3cc([N+](=O)[O-])ccc3N3C[C@H]4C[C@@H](Cn5c4cccc5=O)[C@@H]23)cc1. The molecule has 4 atom stereocenters. The minimum absolute atomic E-state index is 0.00649. The number of aromatic nitrogens is 1. The topological polar surface area (TPSA) is 107 Å². The number of nitro groups is 1. The largest absolute Gasteiger partial charge is 0.497 e. The average Bonchev–Trinajstić information content (AvgIpc) is 2.91. The van der Waals surface area contributed by atoms with Gasteiger partial charge in [0, 0.05) is 61.2 Å². The summed E-state index contributed by atoms with van der Waals surface area (Å²) in [5.74, 6) is 0.563. The van der Waals surface area contributed by atoms with E-state index in [4.69, 9.17) is 4.74 Å². The van der Waals surface area contributed by atoms with Crippen molar-refractivity contribution in [3.05, 3.63) is 98.0 Å². The standard InChI is InChI=1S/C28H28N4O5/c1-37-22-8-5-17(6-9-22)14-29-28(34)23-13-18-12-21(32(35)36)7-10-25(18)31-15-19-11-20(27(23)31)16-30-24(19)3-2-4-26(30)33/h2-10,12,19-20,23,27H,11,13-16H2,1H3,(H,29,34)/t19-,20+,23-,27+/m1/s1. The zero-order chi connectivity index (χ0) is 25.7. The fourth-order valence-corrected chi connectivity index (χ4v) is 6.52. The smallest absolute Gasteiger partial charge is 0.269 e. The Hall–Kier alpha value is -4.14. The summed E-state index contributed by atoms with van der Waals surface area (Å²) in [6.07, 6.45) is 1.33. The van der Waals surface area contributed by atoms with Crippen LogP contribution in [0.2, 0.25) is 0 Å². The molecule has 0 unspecified atom stereocenters. The average molecular weight is 501 g/mol. The van der Waals surface area contributed by atoms with Gasteiger partial charge in [0.2, 0.25) is 5.91 Å². The van der Waals surface area contributed by atoms with Crippen LogP contribution in [0.15, 0.2) is 65.5 Å². The van der Waals surface area contributed by atoms with Crippen LogP contribution < -0.4 is 20.5 Å². The van der Waals surface area contributed by atoms with Crippen molar-refractivity contribution in [1.82, 2.24) is 9.88 Å². The molecule has 1 amide bonds. The summed E-state index contributed by atoms with van der Waals surface area (Å²) in [7, 11) is 1.61. The molecule has 1 aromatic heterocycles. The lowest BCUT2D eigenvalue weighted by Gasteiger charge is -2.54. The normalized spacial score (nSPS) is 23.3. The van der Waals surface area contributed by atoms with Crippen molar-refractivity contribution in [2.45, 2.75) is 37.9 Å². The number of rotatable bonds is 5. The van der Waals surface area contributed by atoms with E-state index in [0.29, 0.717) is 26.1 Å². The van der Waals surface area contributed by atoms with Gasteiger partial charge in [-0.1, -0.05) is 18.2 Å². The fourth-order valence-electron chi connectivity index (χ4n) is 6.52. The molecule has 1 fully saturated rings. The molecule has 0 radical (unpaired) electrons. The summed E-state index contributed by atoms with van der Waals surface area (Å²) in [5, 5.41) is 14.6. The number of nitrogens with zero attached hydrogens (tertiary/aromatic N) is 3. The number of nitro benzene ring substituents is 1. The van der Waals surface area contributed by atoms with E-state index >= 15 is 0 Å². The number of fused-ring (bicyclic) bond motifs is 8. The second-order valence-electron chi connectivity index (χ2n) is 10.2. The Bertz CT molecular complexity index is 1430. The van der Waals surface area contributed by atoms with Crippen molar-refractivity contribution in [3.8, 4) is 5.75 Å². The van der Waals surface area contributed by atoms with E-state index in [1.165, 1.54) is 0 Å². The van der Waals surface area contributed by atoms with E-state index in [9.17, 15) is 19.7 Å². The first kappa shape index (κ1) is 23.3. The fraction of sp³-hybridized carbons (Fsp3) is 0.357. The van der Waals surface area contributed by atoms with Crippen LogP contribution in [0.3, 0.4) is 0 Å². The number of piperidine rings is 1. The predicted octanol–water partition coefficient (Wildman–Crippen LogP) is 3.25. The van der Waals surface area contributed by atoms with Gasteiger partial charge in [-0.2, -0.15) is 0 Å². The van der Waals surface area contributed by atoms with Gasteiger partial charge in [0.1, 0.15) is 5.75 Å². The number of anilines is 1. The summed E-state index contributed by atoms with van der Waals surface area (Å²) in [4.78, 5) is 39.7. The van der Waals surface area contributed by atoms with Crippen LogP contribution in [0.25, 0.3) is 0 Å². The number of amides is 1. The van der Waals surface area contributed by atoms with E-state index in [1.807, 2.05) is 47.0 Å². The summed E-state index contributed by atoms with van der Waals surface area (Å²) >= 11 is 0. The monoisotopic (exact) mass is 500 g/mol. The van der Waals surface area contributed by atoms with Crippen LogP contribution in [0.5, 0.6) is 5.75 Å². The number of ether oxygens (including phenoxy) is 1. The van der Waals surface area contributed by atoms with Gasteiger partial charge in [-0.3, -0.25) is 19.7 Å². The third-order valence-corrected chi connectivity index (χ3v) is 8.16. The molecule has 3 aliphatic heterocycles. The number of hydrogen-bond donors (Lipinski definition) is 1. The van der Waals surface area contributed by atoms with Gasteiger partial charge in [-0.15, -0.1) is 0 Å². The first-order valence-corrected chi connectivity index (χ1v) is 12.6. The number of pyridine rings is 1. The Morgan fingerprint density at radius 3 is 2.70 bits per heavy atom. The molecule has 0 spiro atoms. The third-order valence-electron chi connectivity index (χ3n) is 8.16. The van der Waals surface area contributed by atoms with Gasteiger partial charge in [-0.05, 0) is 54.2 Å². The molecule has 9 nitrogen and oxygen atoms in total. The minimum Gasteiger partial charge on any atom is -0.497 e. The second-order valence-corrected chi connectivity index (χ2v) is 10.2. The Morgan fingerprint density at radius 2 is 1.95 bits per heavy atom. The molecule has 2 aromatic carbocycles. The minimum atomic E-state index is -0.390. The van der Waals surface area contributed by atoms with E-state index in [1.54, 1.807) is 25.3 Å². The molecule has 3 aromatic rings. The van der Waals surface area contributed by atoms with Crippen LogP contribution in [-0.2, 0) is 24.3 Å². The Labute approximate surface area is 213 Å². The first-order valence-electron chi connectivity index (χ1n) is 12.6. The number of carbonyl (C=O) groups is 1. The maximum Gasteiger partial charge on any atom is 0.269 e. The van der Waals surface area contributed by atoms with Crippen molar-refractivity contribution in [3.63, 3.8) is 0 Å². The molecule has 1 N–H and O–H groups in total. The van der Waals surface area contributed by atoms with Gasteiger partial charge in [0.25, 0.3) is 11.2 Å². The summed E-state index contributed by atoms with van der Waals surface area (Å²) < 4.78 is 7.08. The van der Waals surface area contributed by atoms with Crippen molar-refractivity contribution < 1.29 is 14.5 Å². The van der Waals surface area contributed by atoms with Crippen LogP contribution in [0.1, 0.15) is 29.2 Å². The molecule has 2 bridgehead atoms. The zero-order valence-electron chi connectivity index (χ0n) is 20.5. The lowest BCUT2D eigenvalue weighted by Crippen LogP contribution is -2.61. The molecule has 0 saturated carbocycles. The summed E-state index contributed by atoms with van der Waals surface area (Å²) in [6, 6.07) is 17.9. The Kier molecular flexibility index (Phi) is 5.70. The van der Waals surface area contributed by atoms with Gasteiger partial charge in [0.05, 0.1) is 18.0 Å². The van der Waals surface area contributed by atoms with Crippen molar-refractivity contribution >= 4 is 17.3 Å². The summed E-state index contributed by atoms with van der Waals surface area (Å²) in [6.45, 7) is 1.61. The molecule has 3 aliphatic rings. The van der Waals surface area contributed by atoms with Gasteiger partial charge in [-0.25, -0.2) is 0 Å². The molecule has 0 aliphatic carbocycles. The highest BCUT2D eigenvalue weighted by Crippen LogP contribution is 2.47. The van der Waals surface area contributed by atoms with E-state index in [-0.39, 0.29) is 40.9 Å². The van der Waals surface area contributed by atoms with Crippen LogP contribution in [0, 0.1) is 22.0 Å². The zero-order valence-corrected chi connectivity index (χ0v) is 20.5. The molecule has 9 heteroatoms. The van der Waals surface area contributed by atoms with Gasteiger partial charge < -0.3 is 19.5 Å². The van der Waals surface area contributed by atoms with E-state index in [0.717, 1.165) is 34.7 Å². The molecular formula is C28H28N4O5. The molecule has 4 heterocycles. The molecule has 190 valence electrons. The molecule has 6 rings (SSSR count). The van der Waals surface area contributed by atoms with Crippen LogP contribution >= 0.6 is 0 Å². The van der Waals surface area contributed by atoms with Gasteiger partial charge in [0.15, 0.2) is 0 Å². The highest BCUT2D eigenvalue weighted by atomic mass is 16.6. The van der Waals surface area contributed by atoms with E-state index < -0.39 is 4.92 Å². The number of methoxy groups -OCH3 is 1. The second kappa shape index (κ2) is 9.06. The predicted molar refractivity (Wildman–Crippen MR) is 138 cm³/mol. The van der Waals surface area contributed by atoms with Crippen molar-refractivity contribution in [1.29, 1.82) is 0 Å². The van der Waals surface area contributed by atoms with Crippen molar-refractivity contribution in [2.75, 3.05) is 18.6 Å². The molecule has 37 heavy (non-hydrogen) atoms. The Balaban J connectivity index is 1.34. The lowest BCUT2D eigenvalue weighted by molar-refractivity contribution is -0.384. The van der Waals surface area contributed by atoms with Crippen LogP contribution in [0.4, 0.5) is 11.4 Å². The number of hydrogen-bond acceptors (Lipinski definition) is 6. The highest BCUT2D eigenvalue weighted by molar-refractivity contribution is 5.82. The maximum absolute atomic E-state index is 13.7. The number of benzene rings is 2. The molecular weight excluding hydrogens is 472 g/mol. The lowest BCUT2D eigenvalue weighted by atomic mass is 9.70. The highest BCUT2D eigenvalue weighted by Gasteiger charge is 2.49. The first-order chi connectivity index (χ1) is 17.9.